The van der Waals surface area contributed by atoms with Crippen LogP contribution in [0, 0.1) is 11.7 Å². The van der Waals surface area contributed by atoms with E-state index in [1.165, 1.54) is 12.1 Å². The maximum Gasteiger partial charge on any atom is 0.163 e. The van der Waals surface area contributed by atoms with Crippen LogP contribution in [0.25, 0.3) is 0 Å². The molecule has 1 atom stereocenters. The first-order valence-corrected chi connectivity index (χ1v) is 4.92. The normalized spacial score (nSPS) is 12.5. The first-order chi connectivity index (χ1) is 6.63. The van der Waals surface area contributed by atoms with Crippen molar-refractivity contribution in [2.45, 2.75) is 26.7 Å². The van der Waals surface area contributed by atoms with Crippen LogP contribution in [0.1, 0.15) is 37.0 Å². The highest BCUT2D eigenvalue weighted by Crippen LogP contribution is 2.12. The highest BCUT2D eigenvalue weighted by atomic mass is 19.1. The number of Topliss-reactive ketones (excluding diaryl/α,β-unsaturated/α-hetero) is 1. The molecular weight excluding hydrogens is 179 g/mol. The molecule has 76 valence electrons. The van der Waals surface area contributed by atoms with Crippen LogP contribution in [-0.2, 0) is 0 Å². The fourth-order valence-corrected chi connectivity index (χ4v) is 1.21. The lowest BCUT2D eigenvalue weighted by atomic mass is 9.98. The van der Waals surface area contributed by atoms with Crippen LogP contribution < -0.4 is 0 Å². The fraction of sp³-hybridized carbons (Fsp3) is 0.417. The summed E-state index contributed by atoms with van der Waals surface area (Å²) in [4.78, 5) is 11.6. The number of hydrogen-bond donors (Lipinski definition) is 0. The van der Waals surface area contributed by atoms with Crippen molar-refractivity contribution in [2.75, 3.05) is 0 Å². The predicted molar refractivity (Wildman–Crippen MR) is 54.8 cm³/mol. The summed E-state index contributed by atoms with van der Waals surface area (Å²) in [5, 5.41) is 0. The lowest BCUT2D eigenvalue weighted by Crippen LogP contribution is -2.05. The molecule has 0 fully saturated rings. The highest BCUT2D eigenvalue weighted by Gasteiger charge is 2.09. The molecule has 0 aliphatic rings. The summed E-state index contributed by atoms with van der Waals surface area (Å²) in [7, 11) is 0. The smallest absolute Gasteiger partial charge is 0.163 e. The SMILES string of the molecule is CCC(C)CC(=O)c1ccc(F)cc1. The number of rotatable bonds is 4. The molecule has 0 heterocycles. The zero-order chi connectivity index (χ0) is 10.6. The van der Waals surface area contributed by atoms with E-state index in [4.69, 9.17) is 0 Å². The van der Waals surface area contributed by atoms with Gasteiger partial charge in [-0.3, -0.25) is 4.79 Å². The van der Waals surface area contributed by atoms with Gasteiger partial charge in [0, 0.05) is 12.0 Å². The van der Waals surface area contributed by atoms with Gasteiger partial charge in [0.25, 0.3) is 0 Å². The molecule has 0 aliphatic heterocycles. The van der Waals surface area contributed by atoms with Crippen LogP contribution in [0.5, 0.6) is 0 Å². The summed E-state index contributed by atoms with van der Waals surface area (Å²) >= 11 is 0. The van der Waals surface area contributed by atoms with Crippen molar-refractivity contribution in [1.82, 2.24) is 0 Å². The average molecular weight is 194 g/mol. The summed E-state index contributed by atoms with van der Waals surface area (Å²) in [5.74, 6) is 0.192. The monoisotopic (exact) mass is 194 g/mol. The van der Waals surface area contributed by atoms with Gasteiger partial charge in [-0.25, -0.2) is 4.39 Å². The molecule has 0 N–H and O–H groups in total. The van der Waals surface area contributed by atoms with E-state index in [2.05, 4.69) is 6.92 Å². The van der Waals surface area contributed by atoms with Crippen LogP contribution in [0.2, 0.25) is 0 Å². The molecule has 1 rings (SSSR count). The molecule has 0 radical (unpaired) electrons. The van der Waals surface area contributed by atoms with E-state index in [0.29, 0.717) is 17.9 Å². The molecule has 0 spiro atoms. The molecule has 1 unspecified atom stereocenters. The Balaban J connectivity index is 2.65. The Hall–Kier alpha value is -1.18. The predicted octanol–water partition coefficient (Wildman–Crippen LogP) is 3.44. The van der Waals surface area contributed by atoms with Crippen molar-refractivity contribution in [3.8, 4) is 0 Å². The Labute approximate surface area is 83.9 Å². The molecule has 0 amide bonds. The van der Waals surface area contributed by atoms with Gasteiger partial charge in [0.1, 0.15) is 5.82 Å². The van der Waals surface area contributed by atoms with E-state index >= 15 is 0 Å². The minimum Gasteiger partial charge on any atom is -0.294 e. The second-order valence-corrected chi connectivity index (χ2v) is 3.65. The van der Waals surface area contributed by atoms with Gasteiger partial charge >= 0.3 is 0 Å². The number of hydrogen-bond acceptors (Lipinski definition) is 1. The summed E-state index contributed by atoms with van der Waals surface area (Å²) in [5.41, 5.74) is 0.603. The van der Waals surface area contributed by atoms with Crippen molar-refractivity contribution in [3.63, 3.8) is 0 Å². The van der Waals surface area contributed by atoms with E-state index in [0.717, 1.165) is 6.42 Å². The zero-order valence-corrected chi connectivity index (χ0v) is 8.59. The lowest BCUT2D eigenvalue weighted by molar-refractivity contribution is 0.0963. The second kappa shape index (κ2) is 4.89. The summed E-state index contributed by atoms with van der Waals surface area (Å²) in [6.45, 7) is 4.10. The Morgan fingerprint density at radius 2 is 1.93 bits per heavy atom. The van der Waals surface area contributed by atoms with Crippen molar-refractivity contribution < 1.29 is 9.18 Å². The van der Waals surface area contributed by atoms with Crippen LogP contribution in [0.15, 0.2) is 24.3 Å². The molecule has 0 saturated carbocycles. The molecule has 0 saturated heterocycles. The molecule has 1 aromatic rings. The topological polar surface area (TPSA) is 17.1 Å². The van der Waals surface area contributed by atoms with Crippen LogP contribution in [0.4, 0.5) is 4.39 Å². The Bertz CT molecular complexity index is 303. The van der Waals surface area contributed by atoms with Crippen molar-refractivity contribution in [2.24, 2.45) is 5.92 Å². The van der Waals surface area contributed by atoms with Gasteiger partial charge in [-0.05, 0) is 30.2 Å². The first-order valence-electron chi connectivity index (χ1n) is 4.92. The number of carbonyl (C=O) groups is 1. The van der Waals surface area contributed by atoms with Crippen molar-refractivity contribution in [1.29, 1.82) is 0 Å². The second-order valence-electron chi connectivity index (χ2n) is 3.65. The summed E-state index contributed by atoms with van der Waals surface area (Å²) in [6.07, 6.45) is 1.54. The molecular formula is C12H15FO. The van der Waals surface area contributed by atoms with Gasteiger partial charge in [0.2, 0.25) is 0 Å². The van der Waals surface area contributed by atoms with E-state index in [1.54, 1.807) is 12.1 Å². The number of benzene rings is 1. The van der Waals surface area contributed by atoms with E-state index < -0.39 is 0 Å². The van der Waals surface area contributed by atoms with Crippen LogP contribution >= 0.6 is 0 Å². The van der Waals surface area contributed by atoms with Gasteiger partial charge in [0.05, 0.1) is 0 Å². The Morgan fingerprint density at radius 1 is 1.36 bits per heavy atom. The van der Waals surface area contributed by atoms with Crippen molar-refractivity contribution in [3.05, 3.63) is 35.6 Å². The van der Waals surface area contributed by atoms with Gasteiger partial charge < -0.3 is 0 Å². The third-order valence-electron chi connectivity index (χ3n) is 2.40. The quantitative estimate of drug-likeness (QED) is 0.671. The number of halogens is 1. The number of carbonyl (C=O) groups excluding carboxylic acids is 1. The minimum absolute atomic E-state index is 0.0966. The van der Waals surface area contributed by atoms with Crippen LogP contribution in [-0.4, -0.2) is 5.78 Å². The molecule has 1 nitrogen and oxygen atoms in total. The number of ketones is 1. The fourth-order valence-electron chi connectivity index (χ4n) is 1.21. The largest absolute Gasteiger partial charge is 0.294 e. The molecule has 14 heavy (non-hydrogen) atoms. The minimum atomic E-state index is -0.301. The molecule has 1 aromatic carbocycles. The summed E-state index contributed by atoms with van der Waals surface area (Å²) in [6, 6.07) is 5.73. The van der Waals surface area contributed by atoms with Gasteiger partial charge in [0.15, 0.2) is 5.78 Å². The van der Waals surface area contributed by atoms with Crippen LogP contribution in [0.3, 0.4) is 0 Å². The Morgan fingerprint density at radius 3 is 2.43 bits per heavy atom. The molecule has 0 bridgehead atoms. The third kappa shape index (κ3) is 2.95. The zero-order valence-electron chi connectivity index (χ0n) is 8.59. The van der Waals surface area contributed by atoms with E-state index in [-0.39, 0.29) is 11.6 Å². The first kappa shape index (κ1) is 10.9. The average Bonchev–Trinajstić information content (AvgIpc) is 2.18. The Kier molecular flexibility index (Phi) is 3.81. The highest BCUT2D eigenvalue weighted by molar-refractivity contribution is 5.96. The third-order valence-corrected chi connectivity index (χ3v) is 2.40. The van der Waals surface area contributed by atoms with E-state index in [9.17, 15) is 9.18 Å². The standard InChI is InChI=1S/C12H15FO/c1-3-9(2)8-12(14)10-4-6-11(13)7-5-10/h4-7,9H,3,8H2,1-2H3. The van der Waals surface area contributed by atoms with Crippen molar-refractivity contribution >= 4 is 5.78 Å². The maximum atomic E-state index is 12.6. The molecule has 0 aliphatic carbocycles. The van der Waals surface area contributed by atoms with Gasteiger partial charge in [-0.2, -0.15) is 0 Å². The summed E-state index contributed by atoms with van der Waals surface area (Å²) < 4.78 is 12.6. The van der Waals surface area contributed by atoms with E-state index in [1.807, 2.05) is 6.92 Å². The molecule has 0 aromatic heterocycles. The van der Waals surface area contributed by atoms with Gasteiger partial charge in [-0.15, -0.1) is 0 Å². The maximum absolute atomic E-state index is 12.6. The van der Waals surface area contributed by atoms with Gasteiger partial charge in [-0.1, -0.05) is 20.3 Å². The lowest BCUT2D eigenvalue weighted by Gasteiger charge is -2.06. The molecule has 2 heteroatoms.